The number of halogens is 1. The van der Waals surface area contributed by atoms with Crippen LogP contribution in [-0.2, 0) is 4.79 Å². The second kappa shape index (κ2) is 4.64. The standard InChI is InChI=1S/C15H20ClN3O/c1-15(2)4-3-5-19(8-15)12-7-11-9(6-10(12)16)13(17)14(20)18-11/h6-7,13H,3-5,8,17H2,1-2H3,(H,18,20). The third kappa shape index (κ3) is 2.27. The lowest BCUT2D eigenvalue weighted by molar-refractivity contribution is -0.116. The number of nitrogens with one attached hydrogen (secondary N) is 1. The van der Waals surface area contributed by atoms with Crippen LogP contribution in [0.15, 0.2) is 12.1 Å². The SMILES string of the molecule is CC1(C)CCCN(c2cc3c(cc2Cl)C(N)C(=O)N3)C1. The monoisotopic (exact) mass is 293 g/mol. The molecule has 2 heterocycles. The summed E-state index contributed by atoms with van der Waals surface area (Å²) in [4.78, 5) is 13.9. The first-order chi connectivity index (χ1) is 9.37. The summed E-state index contributed by atoms with van der Waals surface area (Å²) in [6.07, 6.45) is 2.39. The molecule has 0 bridgehead atoms. The fourth-order valence-electron chi connectivity index (χ4n) is 3.17. The highest BCUT2D eigenvalue weighted by molar-refractivity contribution is 6.33. The molecule has 2 aliphatic rings. The largest absolute Gasteiger partial charge is 0.370 e. The van der Waals surface area contributed by atoms with Gasteiger partial charge in [-0.2, -0.15) is 0 Å². The molecule has 0 radical (unpaired) electrons. The molecule has 3 rings (SSSR count). The molecule has 1 saturated heterocycles. The van der Waals surface area contributed by atoms with E-state index in [4.69, 9.17) is 17.3 Å². The molecule has 1 unspecified atom stereocenters. The summed E-state index contributed by atoms with van der Waals surface area (Å²) < 4.78 is 0. The van der Waals surface area contributed by atoms with E-state index in [1.165, 1.54) is 6.42 Å². The van der Waals surface area contributed by atoms with Crippen LogP contribution < -0.4 is 16.0 Å². The van der Waals surface area contributed by atoms with Gasteiger partial charge in [0, 0.05) is 24.3 Å². The molecular formula is C15H20ClN3O. The Kier molecular flexibility index (Phi) is 3.18. The van der Waals surface area contributed by atoms with Crippen LogP contribution in [0.1, 0.15) is 38.3 Å². The van der Waals surface area contributed by atoms with Crippen LogP contribution >= 0.6 is 11.6 Å². The van der Waals surface area contributed by atoms with Crippen molar-refractivity contribution < 1.29 is 4.79 Å². The Balaban J connectivity index is 1.96. The van der Waals surface area contributed by atoms with Crippen molar-refractivity contribution in [3.8, 4) is 0 Å². The number of anilines is 2. The van der Waals surface area contributed by atoms with E-state index in [0.29, 0.717) is 10.4 Å². The second-order valence-electron chi connectivity index (χ2n) is 6.55. The van der Waals surface area contributed by atoms with Gasteiger partial charge in [0.05, 0.1) is 10.7 Å². The topological polar surface area (TPSA) is 58.4 Å². The smallest absolute Gasteiger partial charge is 0.245 e. The molecule has 20 heavy (non-hydrogen) atoms. The lowest BCUT2D eigenvalue weighted by Crippen LogP contribution is -2.40. The minimum absolute atomic E-state index is 0.160. The number of hydrogen-bond donors (Lipinski definition) is 2. The van der Waals surface area contributed by atoms with Gasteiger partial charge >= 0.3 is 0 Å². The fourth-order valence-corrected chi connectivity index (χ4v) is 3.46. The fraction of sp³-hybridized carbons (Fsp3) is 0.533. The molecule has 0 aromatic heterocycles. The summed E-state index contributed by atoms with van der Waals surface area (Å²) in [5, 5.41) is 3.50. The second-order valence-corrected chi connectivity index (χ2v) is 6.95. The third-order valence-electron chi connectivity index (χ3n) is 4.24. The third-order valence-corrected chi connectivity index (χ3v) is 4.54. The maximum absolute atomic E-state index is 11.6. The van der Waals surface area contributed by atoms with Crippen LogP contribution in [0.4, 0.5) is 11.4 Å². The van der Waals surface area contributed by atoms with Crippen molar-refractivity contribution in [1.82, 2.24) is 0 Å². The van der Waals surface area contributed by atoms with Crippen molar-refractivity contribution in [3.63, 3.8) is 0 Å². The van der Waals surface area contributed by atoms with E-state index in [1.807, 2.05) is 12.1 Å². The van der Waals surface area contributed by atoms with Crippen LogP contribution in [0.3, 0.4) is 0 Å². The quantitative estimate of drug-likeness (QED) is 0.837. The first-order valence-corrected chi connectivity index (χ1v) is 7.40. The van der Waals surface area contributed by atoms with E-state index in [0.717, 1.165) is 36.4 Å². The Labute approximate surface area is 124 Å². The number of fused-ring (bicyclic) bond motifs is 1. The van der Waals surface area contributed by atoms with Gasteiger partial charge in [-0.1, -0.05) is 25.4 Å². The van der Waals surface area contributed by atoms with E-state index in [1.54, 1.807) is 0 Å². The van der Waals surface area contributed by atoms with Crippen molar-refractivity contribution in [3.05, 3.63) is 22.7 Å². The number of nitrogens with two attached hydrogens (primary N) is 1. The van der Waals surface area contributed by atoms with Gasteiger partial charge in [-0.15, -0.1) is 0 Å². The molecule has 5 heteroatoms. The normalized spacial score (nSPS) is 24.5. The van der Waals surface area contributed by atoms with E-state index < -0.39 is 6.04 Å². The molecule has 1 atom stereocenters. The predicted molar refractivity (Wildman–Crippen MR) is 82.2 cm³/mol. The zero-order valence-electron chi connectivity index (χ0n) is 11.9. The Morgan fingerprint density at radius 2 is 2.20 bits per heavy atom. The van der Waals surface area contributed by atoms with E-state index >= 15 is 0 Å². The summed E-state index contributed by atoms with van der Waals surface area (Å²) in [5.41, 5.74) is 8.72. The van der Waals surface area contributed by atoms with Crippen molar-refractivity contribution >= 4 is 28.9 Å². The van der Waals surface area contributed by atoms with Crippen molar-refractivity contribution in [2.24, 2.45) is 11.1 Å². The number of amides is 1. The van der Waals surface area contributed by atoms with Gasteiger partial charge in [0.25, 0.3) is 0 Å². The average Bonchev–Trinajstić information content (AvgIpc) is 2.63. The molecule has 0 aliphatic carbocycles. The van der Waals surface area contributed by atoms with E-state index in [-0.39, 0.29) is 5.91 Å². The van der Waals surface area contributed by atoms with Gasteiger partial charge < -0.3 is 16.0 Å². The highest BCUT2D eigenvalue weighted by Gasteiger charge is 2.31. The zero-order valence-corrected chi connectivity index (χ0v) is 12.6. The first kappa shape index (κ1) is 13.7. The van der Waals surface area contributed by atoms with Crippen LogP contribution in [0.2, 0.25) is 5.02 Å². The van der Waals surface area contributed by atoms with Crippen LogP contribution in [0, 0.1) is 5.41 Å². The van der Waals surface area contributed by atoms with Gasteiger partial charge in [-0.05, 0) is 30.4 Å². The molecule has 1 amide bonds. The van der Waals surface area contributed by atoms with E-state index in [2.05, 4.69) is 24.1 Å². The molecule has 2 aliphatic heterocycles. The number of rotatable bonds is 1. The molecule has 4 nitrogen and oxygen atoms in total. The van der Waals surface area contributed by atoms with Crippen LogP contribution in [-0.4, -0.2) is 19.0 Å². The van der Waals surface area contributed by atoms with Crippen molar-refractivity contribution in [1.29, 1.82) is 0 Å². The summed E-state index contributed by atoms with van der Waals surface area (Å²) in [7, 11) is 0. The minimum Gasteiger partial charge on any atom is -0.370 e. The lowest BCUT2D eigenvalue weighted by atomic mass is 9.84. The van der Waals surface area contributed by atoms with Gasteiger partial charge in [0.1, 0.15) is 6.04 Å². The van der Waals surface area contributed by atoms with Gasteiger partial charge in [-0.25, -0.2) is 0 Å². The zero-order chi connectivity index (χ0) is 14.5. The summed E-state index contributed by atoms with van der Waals surface area (Å²) in [5.74, 6) is -0.160. The lowest BCUT2D eigenvalue weighted by Gasteiger charge is -2.40. The Bertz CT molecular complexity index is 570. The highest BCUT2D eigenvalue weighted by atomic mass is 35.5. The maximum Gasteiger partial charge on any atom is 0.245 e. The molecule has 3 N–H and O–H groups in total. The number of piperidine rings is 1. The maximum atomic E-state index is 11.6. The van der Waals surface area contributed by atoms with Crippen molar-refractivity contribution in [2.45, 2.75) is 32.7 Å². The molecular weight excluding hydrogens is 274 g/mol. The number of hydrogen-bond acceptors (Lipinski definition) is 3. The predicted octanol–water partition coefficient (Wildman–Crippen LogP) is 2.92. The van der Waals surface area contributed by atoms with Gasteiger partial charge in [0.15, 0.2) is 0 Å². The Morgan fingerprint density at radius 1 is 1.45 bits per heavy atom. The summed E-state index contributed by atoms with van der Waals surface area (Å²) in [6, 6.07) is 3.19. The first-order valence-electron chi connectivity index (χ1n) is 7.02. The number of nitrogens with zero attached hydrogens (tertiary/aromatic N) is 1. The Hall–Kier alpha value is -1.26. The average molecular weight is 294 g/mol. The summed E-state index contributed by atoms with van der Waals surface area (Å²) in [6.45, 7) is 6.53. The number of benzene rings is 1. The molecule has 0 saturated carbocycles. The Morgan fingerprint density at radius 3 is 2.90 bits per heavy atom. The van der Waals surface area contributed by atoms with Gasteiger partial charge in [-0.3, -0.25) is 4.79 Å². The molecule has 108 valence electrons. The summed E-state index contributed by atoms with van der Waals surface area (Å²) >= 11 is 6.41. The minimum atomic E-state index is -0.602. The molecule has 1 aromatic rings. The van der Waals surface area contributed by atoms with Crippen LogP contribution in [0.25, 0.3) is 0 Å². The number of carbonyl (C=O) groups is 1. The van der Waals surface area contributed by atoms with Crippen molar-refractivity contribution in [2.75, 3.05) is 23.3 Å². The number of carbonyl (C=O) groups excluding carboxylic acids is 1. The molecule has 1 fully saturated rings. The van der Waals surface area contributed by atoms with Crippen LogP contribution in [0.5, 0.6) is 0 Å². The highest BCUT2D eigenvalue weighted by Crippen LogP contribution is 2.40. The van der Waals surface area contributed by atoms with Gasteiger partial charge in [0.2, 0.25) is 5.91 Å². The van der Waals surface area contributed by atoms with E-state index in [9.17, 15) is 4.79 Å². The molecule has 1 aromatic carbocycles. The molecule has 0 spiro atoms.